The molecule has 0 saturated carbocycles. The summed E-state index contributed by atoms with van der Waals surface area (Å²) in [4.78, 5) is 6.92. The minimum atomic E-state index is -0.308. The lowest BCUT2D eigenvalue weighted by atomic mass is 10.0. The monoisotopic (exact) mass is 349 g/mol. The largest absolute Gasteiger partial charge is 0.494 e. The molecule has 3 rings (SSSR count). The normalized spacial score (nSPS) is 17.1. The van der Waals surface area contributed by atoms with Crippen molar-refractivity contribution in [3.8, 4) is 5.75 Å². The first-order valence-corrected chi connectivity index (χ1v) is 9.21. The van der Waals surface area contributed by atoms with Crippen molar-refractivity contribution in [3.05, 3.63) is 40.7 Å². The van der Waals surface area contributed by atoms with Crippen LogP contribution >= 0.6 is 11.3 Å². The number of aryl methyl sites for hydroxylation is 1. The quantitative estimate of drug-likeness (QED) is 0.888. The van der Waals surface area contributed by atoms with Crippen LogP contribution in [-0.4, -0.2) is 31.2 Å². The van der Waals surface area contributed by atoms with E-state index in [4.69, 9.17) is 4.74 Å². The standard InChI is InChI=1S/C18H24FN3OS/c1-12-11-24-18(20-12)22-8-6-15(7-9-22)21-13(2)14-4-5-17(23-3)16(19)10-14/h4-5,10-11,13,15,21H,6-9H2,1-3H3/t13-/m1/s1. The molecule has 4 nitrogen and oxygen atoms in total. The molecule has 0 radical (unpaired) electrons. The van der Waals surface area contributed by atoms with E-state index >= 15 is 0 Å². The lowest BCUT2D eigenvalue weighted by Gasteiger charge is -2.34. The van der Waals surface area contributed by atoms with E-state index < -0.39 is 0 Å². The summed E-state index contributed by atoms with van der Waals surface area (Å²) in [6.45, 7) is 6.13. The van der Waals surface area contributed by atoms with Crippen LogP contribution in [0.5, 0.6) is 5.75 Å². The fourth-order valence-corrected chi connectivity index (χ4v) is 3.98. The number of halogens is 1. The molecule has 1 aliphatic heterocycles. The van der Waals surface area contributed by atoms with E-state index in [1.165, 1.54) is 7.11 Å². The average Bonchev–Trinajstić information content (AvgIpc) is 3.02. The van der Waals surface area contributed by atoms with Crippen LogP contribution in [0.25, 0.3) is 0 Å². The topological polar surface area (TPSA) is 37.4 Å². The Kier molecular flexibility index (Phi) is 5.36. The minimum absolute atomic E-state index is 0.115. The van der Waals surface area contributed by atoms with Crippen LogP contribution < -0.4 is 15.0 Å². The molecule has 24 heavy (non-hydrogen) atoms. The molecule has 2 aromatic rings. The summed E-state index contributed by atoms with van der Waals surface area (Å²) < 4.78 is 18.8. The molecule has 0 spiro atoms. The number of piperidine rings is 1. The van der Waals surface area contributed by atoms with Gasteiger partial charge in [0, 0.05) is 30.6 Å². The van der Waals surface area contributed by atoms with Gasteiger partial charge in [-0.25, -0.2) is 9.37 Å². The summed E-state index contributed by atoms with van der Waals surface area (Å²) in [6, 6.07) is 5.74. The Hall–Kier alpha value is -1.66. The van der Waals surface area contributed by atoms with E-state index in [0.29, 0.717) is 6.04 Å². The molecule has 1 aromatic carbocycles. The Bertz CT molecular complexity index is 683. The van der Waals surface area contributed by atoms with Crippen LogP contribution in [0, 0.1) is 12.7 Å². The van der Waals surface area contributed by atoms with Gasteiger partial charge in [0.15, 0.2) is 16.7 Å². The molecule has 1 N–H and O–H groups in total. The molecule has 0 amide bonds. The Morgan fingerprint density at radius 1 is 1.38 bits per heavy atom. The van der Waals surface area contributed by atoms with Crippen LogP contribution in [0.1, 0.15) is 37.1 Å². The number of hydrogen-bond donors (Lipinski definition) is 1. The number of thiazole rings is 1. The third-order valence-corrected chi connectivity index (χ3v) is 5.55. The summed E-state index contributed by atoms with van der Waals surface area (Å²) >= 11 is 1.71. The van der Waals surface area contributed by atoms with Crippen LogP contribution in [0.15, 0.2) is 23.6 Å². The van der Waals surface area contributed by atoms with Gasteiger partial charge in [0.05, 0.1) is 12.8 Å². The van der Waals surface area contributed by atoms with Gasteiger partial charge in [-0.3, -0.25) is 0 Å². The van der Waals surface area contributed by atoms with E-state index in [1.807, 2.05) is 13.0 Å². The van der Waals surface area contributed by atoms with Gasteiger partial charge in [-0.1, -0.05) is 6.07 Å². The summed E-state index contributed by atoms with van der Waals surface area (Å²) in [5.74, 6) is -0.0180. The lowest BCUT2D eigenvalue weighted by Crippen LogP contribution is -2.43. The van der Waals surface area contributed by atoms with Crippen LogP contribution in [0.3, 0.4) is 0 Å². The van der Waals surface area contributed by atoms with Crippen LogP contribution in [0.2, 0.25) is 0 Å². The van der Waals surface area contributed by atoms with Gasteiger partial charge in [0.1, 0.15) is 0 Å². The Balaban J connectivity index is 1.54. The molecular weight excluding hydrogens is 325 g/mol. The zero-order chi connectivity index (χ0) is 17.1. The minimum Gasteiger partial charge on any atom is -0.494 e. The summed E-state index contributed by atoms with van der Waals surface area (Å²) in [5, 5.41) is 6.84. The molecule has 1 aliphatic rings. The first-order chi connectivity index (χ1) is 11.6. The van der Waals surface area contributed by atoms with Gasteiger partial charge in [-0.15, -0.1) is 11.3 Å². The van der Waals surface area contributed by atoms with E-state index in [1.54, 1.807) is 23.5 Å². The van der Waals surface area contributed by atoms with E-state index in [2.05, 4.69) is 27.5 Å². The highest BCUT2D eigenvalue weighted by Crippen LogP contribution is 2.26. The number of anilines is 1. The SMILES string of the molecule is COc1ccc([C@@H](C)NC2CCN(c3nc(C)cs3)CC2)cc1F. The maximum absolute atomic E-state index is 13.9. The first kappa shape index (κ1) is 17.2. The summed E-state index contributed by atoms with van der Waals surface area (Å²) in [7, 11) is 1.48. The second-order valence-corrected chi connectivity index (χ2v) is 7.15. The molecular formula is C18H24FN3OS. The number of nitrogens with one attached hydrogen (secondary N) is 1. The van der Waals surface area contributed by atoms with Crippen molar-refractivity contribution in [1.29, 1.82) is 0 Å². The number of nitrogens with zero attached hydrogens (tertiary/aromatic N) is 2. The molecule has 0 unspecified atom stereocenters. The zero-order valence-electron chi connectivity index (χ0n) is 14.4. The van der Waals surface area contributed by atoms with Gasteiger partial charge in [0.2, 0.25) is 0 Å². The van der Waals surface area contributed by atoms with Crippen molar-refractivity contribution in [2.24, 2.45) is 0 Å². The van der Waals surface area contributed by atoms with E-state index in [9.17, 15) is 4.39 Å². The summed E-state index contributed by atoms with van der Waals surface area (Å²) in [5.41, 5.74) is 2.04. The van der Waals surface area contributed by atoms with E-state index in [-0.39, 0.29) is 17.6 Å². The highest BCUT2D eigenvalue weighted by molar-refractivity contribution is 7.13. The fraction of sp³-hybridized carbons (Fsp3) is 0.500. The fourth-order valence-electron chi connectivity index (χ4n) is 3.13. The number of ether oxygens (including phenoxy) is 1. The first-order valence-electron chi connectivity index (χ1n) is 8.33. The van der Waals surface area contributed by atoms with Crippen molar-refractivity contribution in [2.45, 2.75) is 38.8 Å². The predicted molar refractivity (Wildman–Crippen MR) is 96.6 cm³/mol. The van der Waals surface area contributed by atoms with Crippen LogP contribution in [-0.2, 0) is 0 Å². The molecule has 0 aliphatic carbocycles. The maximum Gasteiger partial charge on any atom is 0.185 e. The number of benzene rings is 1. The Morgan fingerprint density at radius 3 is 2.71 bits per heavy atom. The van der Waals surface area contributed by atoms with Gasteiger partial charge in [-0.2, -0.15) is 0 Å². The highest BCUT2D eigenvalue weighted by atomic mass is 32.1. The zero-order valence-corrected chi connectivity index (χ0v) is 15.2. The van der Waals surface area contributed by atoms with Crippen molar-refractivity contribution in [2.75, 3.05) is 25.1 Å². The van der Waals surface area contributed by atoms with E-state index in [0.717, 1.165) is 42.3 Å². The van der Waals surface area contributed by atoms with Gasteiger partial charge in [-0.05, 0) is 44.4 Å². The molecule has 2 heterocycles. The van der Waals surface area contributed by atoms with Crippen LogP contribution in [0.4, 0.5) is 9.52 Å². The average molecular weight is 349 g/mol. The molecule has 6 heteroatoms. The summed E-state index contributed by atoms with van der Waals surface area (Å²) in [6.07, 6.45) is 2.14. The predicted octanol–water partition coefficient (Wildman–Crippen LogP) is 3.92. The third kappa shape index (κ3) is 3.87. The van der Waals surface area contributed by atoms with Crippen molar-refractivity contribution in [1.82, 2.24) is 10.3 Å². The number of hydrogen-bond acceptors (Lipinski definition) is 5. The number of rotatable bonds is 5. The molecule has 1 saturated heterocycles. The van der Waals surface area contributed by atoms with Crippen molar-refractivity contribution >= 4 is 16.5 Å². The molecule has 0 bridgehead atoms. The van der Waals surface area contributed by atoms with Gasteiger partial charge in [0.25, 0.3) is 0 Å². The second kappa shape index (κ2) is 7.49. The van der Waals surface area contributed by atoms with Gasteiger partial charge < -0.3 is 15.0 Å². The smallest absolute Gasteiger partial charge is 0.185 e. The van der Waals surface area contributed by atoms with Crippen molar-refractivity contribution in [3.63, 3.8) is 0 Å². The third-order valence-electron chi connectivity index (χ3n) is 4.53. The maximum atomic E-state index is 13.9. The second-order valence-electron chi connectivity index (χ2n) is 6.32. The molecule has 1 fully saturated rings. The highest BCUT2D eigenvalue weighted by Gasteiger charge is 2.22. The number of methoxy groups -OCH3 is 1. The molecule has 1 aromatic heterocycles. The number of aromatic nitrogens is 1. The Morgan fingerprint density at radius 2 is 2.12 bits per heavy atom. The Labute approximate surface area is 146 Å². The molecule has 1 atom stereocenters. The van der Waals surface area contributed by atoms with Crippen molar-refractivity contribution < 1.29 is 9.13 Å². The van der Waals surface area contributed by atoms with Gasteiger partial charge >= 0.3 is 0 Å². The molecule has 130 valence electrons. The lowest BCUT2D eigenvalue weighted by molar-refractivity contribution is 0.374.